The van der Waals surface area contributed by atoms with Crippen LogP contribution in [0.5, 0.6) is 0 Å². The molecule has 0 saturated heterocycles. The molecular weight excluding hydrogens is 258 g/mol. The zero-order valence-corrected chi connectivity index (χ0v) is 11.0. The van der Waals surface area contributed by atoms with E-state index in [1.54, 1.807) is 18.6 Å². The number of methoxy groups -OCH3 is 1. The van der Waals surface area contributed by atoms with Crippen LogP contribution < -0.4 is 5.32 Å². The molecule has 20 heavy (non-hydrogen) atoms. The van der Waals surface area contributed by atoms with E-state index in [2.05, 4.69) is 25.3 Å². The second kappa shape index (κ2) is 5.30. The summed E-state index contributed by atoms with van der Waals surface area (Å²) in [5, 5.41) is 3.23. The number of carbonyl (C=O) groups excluding carboxylic acids is 1. The molecule has 3 heterocycles. The van der Waals surface area contributed by atoms with Crippen molar-refractivity contribution >= 4 is 5.97 Å². The molecule has 0 aromatic carbocycles. The summed E-state index contributed by atoms with van der Waals surface area (Å²) in [6.45, 7) is 1.40. The summed E-state index contributed by atoms with van der Waals surface area (Å²) in [6, 6.07) is 0. The van der Waals surface area contributed by atoms with E-state index in [0.717, 1.165) is 17.8 Å². The molecule has 1 aliphatic rings. The molecule has 0 radical (unpaired) electrons. The van der Waals surface area contributed by atoms with Gasteiger partial charge in [-0.3, -0.25) is 4.98 Å². The minimum absolute atomic E-state index is 0.319. The van der Waals surface area contributed by atoms with Gasteiger partial charge in [0, 0.05) is 24.5 Å². The van der Waals surface area contributed by atoms with Crippen molar-refractivity contribution in [3.8, 4) is 11.5 Å². The summed E-state index contributed by atoms with van der Waals surface area (Å²) >= 11 is 0. The van der Waals surface area contributed by atoms with Crippen molar-refractivity contribution in [2.45, 2.75) is 13.0 Å². The smallest absolute Gasteiger partial charge is 0.357 e. The number of hydrogen-bond acceptors (Lipinski definition) is 7. The Balaban J connectivity index is 2.15. The van der Waals surface area contributed by atoms with Gasteiger partial charge in [0.2, 0.25) is 0 Å². The summed E-state index contributed by atoms with van der Waals surface area (Å²) in [6.07, 6.45) is 5.42. The Labute approximate surface area is 115 Å². The van der Waals surface area contributed by atoms with Crippen LogP contribution in [-0.2, 0) is 17.7 Å². The number of nitrogens with one attached hydrogen (secondary N) is 1. The van der Waals surface area contributed by atoms with E-state index in [1.165, 1.54) is 7.11 Å². The normalized spacial score (nSPS) is 13.7. The van der Waals surface area contributed by atoms with Gasteiger partial charge in [-0.05, 0) is 13.0 Å². The van der Waals surface area contributed by atoms with E-state index in [9.17, 15) is 4.79 Å². The summed E-state index contributed by atoms with van der Waals surface area (Å²) in [5.74, 6) is -0.0587. The molecule has 1 N–H and O–H groups in total. The minimum atomic E-state index is -0.448. The summed E-state index contributed by atoms with van der Waals surface area (Å²) in [5.41, 5.74) is 2.52. The van der Waals surface area contributed by atoms with Crippen molar-refractivity contribution in [3.63, 3.8) is 0 Å². The van der Waals surface area contributed by atoms with Crippen LogP contribution in [0.15, 0.2) is 18.6 Å². The molecule has 0 atom stereocenters. The molecule has 2 aromatic heterocycles. The quantitative estimate of drug-likeness (QED) is 0.789. The number of fused-ring (bicyclic) bond motifs is 1. The lowest BCUT2D eigenvalue weighted by Crippen LogP contribution is -2.28. The molecule has 0 amide bonds. The van der Waals surface area contributed by atoms with Gasteiger partial charge in [-0.2, -0.15) is 0 Å². The fraction of sp³-hybridized carbons (Fsp3) is 0.308. The SMILES string of the molecule is COC(=O)c1nc(-c2cnccn2)nc2c1CCNC2. The number of aromatic nitrogens is 4. The third-order valence-electron chi connectivity index (χ3n) is 3.11. The predicted octanol–water partition coefficient (Wildman–Crippen LogP) is 0.366. The largest absolute Gasteiger partial charge is 0.464 e. The molecule has 3 rings (SSSR count). The van der Waals surface area contributed by atoms with Crippen molar-refractivity contribution in [2.75, 3.05) is 13.7 Å². The molecule has 1 aliphatic heterocycles. The highest BCUT2D eigenvalue weighted by Gasteiger charge is 2.23. The van der Waals surface area contributed by atoms with Crippen LogP contribution in [0.2, 0.25) is 0 Å². The zero-order chi connectivity index (χ0) is 13.9. The van der Waals surface area contributed by atoms with E-state index in [4.69, 9.17) is 4.74 Å². The van der Waals surface area contributed by atoms with E-state index < -0.39 is 5.97 Å². The second-order valence-corrected chi connectivity index (χ2v) is 4.33. The van der Waals surface area contributed by atoms with Gasteiger partial charge in [-0.15, -0.1) is 0 Å². The number of nitrogens with zero attached hydrogens (tertiary/aromatic N) is 4. The van der Waals surface area contributed by atoms with Crippen LogP contribution in [0, 0.1) is 0 Å². The Morgan fingerprint density at radius 1 is 1.35 bits per heavy atom. The highest BCUT2D eigenvalue weighted by Crippen LogP contribution is 2.20. The van der Waals surface area contributed by atoms with Gasteiger partial charge < -0.3 is 10.1 Å². The van der Waals surface area contributed by atoms with Crippen molar-refractivity contribution in [1.82, 2.24) is 25.3 Å². The lowest BCUT2D eigenvalue weighted by Gasteiger charge is -2.18. The van der Waals surface area contributed by atoms with Gasteiger partial charge in [-0.1, -0.05) is 0 Å². The molecule has 7 nitrogen and oxygen atoms in total. The second-order valence-electron chi connectivity index (χ2n) is 4.33. The topological polar surface area (TPSA) is 89.9 Å². The van der Waals surface area contributed by atoms with Crippen molar-refractivity contribution in [1.29, 1.82) is 0 Å². The molecule has 0 spiro atoms. The van der Waals surface area contributed by atoms with Crippen molar-refractivity contribution < 1.29 is 9.53 Å². The fourth-order valence-corrected chi connectivity index (χ4v) is 2.15. The maximum absolute atomic E-state index is 11.9. The molecule has 0 unspecified atom stereocenters. The minimum Gasteiger partial charge on any atom is -0.464 e. The average molecular weight is 271 g/mol. The molecule has 2 aromatic rings. The zero-order valence-electron chi connectivity index (χ0n) is 11.0. The van der Waals surface area contributed by atoms with E-state index in [0.29, 0.717) is 30.2 Å². The molecule has 0 saturated carbocycles. The standard InChI is InChI=1S/C13H13N5O2/c1-20-13(19)11-8-2-3-14-6-9(8)17-12(18-11)10-7-15-4-5-16-10/h4-5,7,14H,2-3,6H2,1H3. The van der Waals surface area contributed by atoms with Crippen molar-refractivity contribution in [3.05, 3.63) is 35.5 Å². The number of ether oxygens (including phenoxy) is 1. The van der Waals surface area contributed by atoms with E-state index in [1.807, 2.05) is 0 Å². The van der Waals surface area contributed by atoms with Crippen LogP contribution in [0.25, 0.3) is 11.5 Å². The fourth-order valence-electron chi connectivity index (χ4n) is 2.15. The van der Waals surface area contributed by atoms with Crippen molar-refractivity contribution in [2.24, 2.45) is 0 Å². The van der Waals surface area contributed by atoms with Crippen LogP contribution in [0.4, 0.5) is 0 Å². The number of esters is 1. The van der Waals surface area contributed by atoms with Crippen LogP contribution in [0.3, 0.4) is 0 Å². The third kappa shape index (κ3) is 2.23. The van der Waals surface area contributed by atoms with Gasteiger partial charge in [0.15, 0.2) is 11.5 Å². The maximum atomic E-state index is 11.9. The first kappa shape index (κ1) is 12.6. The van der Waals surface area contributed by atoms with Crippen LogP contribution >= 0.6 is 0 Å². The number of hydrogen-bond donors (Lipinski definition) is 1. The molecule has 0 aliphatic carbocycles. The van der Waals surface area contributed by atoms with Gasteiger partial charge in [0.05, 0.1) is 19.0 Å². The lowest BCUT2D eigenvalue weighted by molar-refractivity contribution is 0.0592. The first-order valence-electron chi connectivity index (χ1n) is 6.25. The number of carbonyl (C=O) groups is 1. The average Bonchev–Trinajstić information content (AvgIpc) is 2.54. The predicted molar refractivity (Wildman–Crippen MR) is 69.8 cm³/mol. The monoisotopic (exact) mass is 271 g/mol. The van der Waals surface area contributed by atoms with Crippen LogP contribution in [-0.4, -0.2) is 39.6 Å². The lowest BCUT2D eigenvalue weighted by atomic mass is 10.0. The summed E-state index contributed by atoms with van der Waals surface area (Å²) < 4.78 is 4.81. The molecule has 0 fully saturated rings. The Bertz CT molecular complexity index is 645. The number of rotatable bonds is 2. The Morgan fingerprint density at radius 3 is 3.00 bits per heavy atom. The van der Waals surface area contributed by atoms with Crippen LogP contribution in [0.1, 0.15) is 21.7 Å². The maximum Gasteiger partial charge on any atom is 0.357 e. The Morgan fingerprint density at radius 2 is 2.25 bits per heavy atom. The van der Waals surface area contributed by atoms with E-state index >= 15 is 0 Å². The molecular formula is C13H13N5O2. The van der Waals surface area contributed by atoms with Gasteiger partial charge in [0.25, 0.3) is 0 Å². The highest BCUT2D eigenvalue weighted by molar-refractivity contribution is 5.89. The first-order valence-corrected chi connectivity index (χ1v) is 6.25. The highest BCUT2D eigenvalue weighted by atomic mass is 16.5. The summed E-state index contributed by atoms with van der Waals surface area (Å²) in [7, 11) is 1.35. The first-order chi connectivity index (χ1) is 9.79. The Kier molecular flexibility index (Phi) is 3.34. The Hall–Kier alpha value is -2.41. The van der Waals surface area contributed by atoms with Gasteiger partial charge in [-0.25, -0.2) is 19.7 Å². The molecule has 102 valence electrons. The third-order valence-corrected chi connectivity index (χ3v) is 3.11. The van der Waals surface area contributed by atoms with Gasteiger partial charge in [0.1, 0.15) is 5.69 Å². The molecule has 7 heteroatoms. The van der Waals surface area contributed by atoms with E-state index in [-0.39, 0.29) is 0 Å². The summed E-state index contributed by atoms with van der Waals surface area (Å²) in [4.78, 5) is 28.8. The van der Waals surface area contributed by atoms with Gasteiger partial charge >= 0.3 is 5.97 Å². The molecule has 0 bridgehead atoms.